The van der Waals surface area contributed by atoms with Gasteiger partial charge in [-0.15, -0.1) is 0 Å². The van der Waals surface area contributed by atoms with E-state index in [2.05, 4.69) is 10.6 Å². The van der Waals surface area contributed by atoms with Crippen LogP contribution in [-0.2, 0) is 20.9 Å². The van der Waals surface area contributed by atoms with Crippen molar-refractivity contribution >= 4 is 17.5 Å². The SMILES string of the molecule is COCCNCC(=O)Nc1cccc(CN(C)C(=O)C(F)(F)F)c1. The van der Waals surface area contributed by atoms with Crippen molar-refractivity contribution in [3.63, 3.8) is 0 Å². The second-order valence-corrected chi connectivity index (χ2v) is 5.08. The van der Waals surface area contributed by atoms with E-state index in [0.717, 1.165) is 7.05 Å². The Morgan fingerprint density at radius 3 is 2.62 bits per heavy atom. The Balaban J connectivity index is 2.57. The summed E-state index contributed by atoms with van der Waals surface area (Å²) < 4.78 is 41.9. The van der Waals surface area contributed by atoms with Crippen molar-refractivity contribution in [1.29, 1.82) is 0 Å². The Labute approximate surface area is 138 Å². The first-order valence-electron chi connectivity index (χ1n) is 7.14. The normalized spacial score (nSPS) is 11.2. The first-order valence-corrected chi connectivity index (χ1v) is 7.14. The largest absolute Gasteiger partial charge is 0.471 e. The molecular weight excluding hydrogens is 327 g/mol. The molecule has 0 aliphatic rings. The van der Waals surface area contributed by atoms with Crippen molar-refractivity contribution in [3.8, 4) is 0 Å². The quantitative estimate of drug-likeness (QED) is 0.697. The maximum absolute atomic E-state index is 12.4. The van der Waals surface area contributed by atoms with Gasteiger partial charge < -0.3 is 20.3 Å². The van der Waals surface area contributed by atoms with Crippen LogP contribution in [0.4, 0.5) is 18.9 Å². The van der Waals surface area contributed by atoms with Crippen molar-refractivity contribution in [1.82, 2.24) is 10.2 Å². The molecule has 0 unspecified atom stereocenters. The third-order valence-corrected chi connectivity index (χ3v) is 2.99. The predicted molar refractivity (Wildman–Crippen MR) is 82.3 cm³/mol. The summed E-state index contributed by atoms with van der Waals surface area (Å²) in [6, 6.07) is 6.30. The van der Waals surface area contributed by atoms with E-state index < -0.39 is 12.1 Å². The summed E-state index contributed by atoms with van der Waals surface area (Å²) in [5.74, 6) is -2.21. The average Bonchev–Trinajstić information content (AvgIpc) is 2.50. The van der Waals surface area contributed by atoms with Gasteiger partial charge in [0, 0.05) is 32.9 Å². The predicted octanol–water partition coefficient (Wildman–Crippen LogP) is 1.38. The molecule has 0 bridgehead atoms. The molecule has 0 heterocycles. The van der Waals surface area contributed by atoms with E-state index in [4.69, 9.17) is 4.74 Å². The van der Waals surface area contributed by atoms with Gasteiger partial charge in [-0.25, -0.2) is 0 Å². The van der Waals surface area contributed by atoms with Crippen LogP contribution in [0.25, 0.3) is 0 Å². The fraction of sp³-hybridized carbons (Fsp3) is 0.467. The topological polar surface area (TPSA) is 70.7 Å². The van der Waals surface area contributed by atoms with E-state index in [0.29, 0.717) is 29.3 Å². The second kappa shape index (κ2) is 9.24. The number of alkyl halides is 3. The Morgan fingerprint density at radius 2 is 2.00 bits per heavy atom. The summed E-state index contributed by atoms with van der Waals surface area (Å²) in [6.45, 7) is 0.866. The number of carbonyl (C=O) groups excluding carboxylic acids is 2. The first kappa shape index (κ1) is 19.9. The van der Waals surface area contributed by atoms with Gasteiger partial charge in [-0.2, -0.15) is 13.2 Å². The van der Waals surface area contributed by atoms with Gasteiger partial charge >= 0.3 is 12.1 Å². The third kappa shape index (κ3) is 6.97. The summed E-state index contributed by atoms with van der Waals surface area (Å²) in [4.78, 5) is 23.4. The average molecular weight is 347 g/mol. The Bertz CT molecular complexity index is 564. The number of ether oxygens (including phenoxy) is 1. The van der Waals surface area contributed by atoms with Gasteiger partial charge in [0.15, 0.2) is 0 Å². The van der Waals surface area contributed by atoms with Crippen LogP contribution in [0.2, 0.25) is 0 Å². The molecule has 1 aromatic rings. The van der Waals surface area contributed by atoms with Gasteiger partial charge in [-0.1, -0.05) is 12.1 Å². The van der Waals surface area contributed by atoms with Crippen LogP contribution in [-0.4, -0.2) is 56.7 Å². The van der Waals surface area contributed by atoms with E-state index in [9.17, 15) is 22.8 Å². The lowest BCUT2D eigenvalue weighted by Gasteiger charge is -2.19. The molecule has 2 amide bonds. The number of nitrogens with one attached hydrogen (secondary N) is 2. The van der Waals surface area contributed by atoms with Gasteiger partial charge in [-0.05, 0) is 17.7 Å². The number of methoxy groups -OCH3 is 1. The molecule has 134 valence electrons. The van der Waals surface area contributed by atoms with Gasteiger partial charge in [0.2, 0.25) is 5.91 Å². The monoisotopic (exact) mass is 347 g/mol. The van der Waals surface area contributed by atoms with E-state index >= 15 is 0 Å². The molecule has 0 fully saturated rings. The van der Waals surface area contributed by atoms with E-state index in [-0.39, 0.29) is 19.0 Å². The van der Waals surface area contributed by atoms with Crippen molar-refractivity contribution < 1.29 is 27.5 Å². The molecule has 2 N–H and O–H groups in total. The second-order valence-electron chi connectivity index (χ2n) is 5.08. The van der Waals surface area contributed by atoms with Crippen molar-refractivity contribution in [2.24, 2.45) is 0 Å². The number of benzene rings is 1. The van der Waals surface area contributed by atoms with Gasteiger partial charge in [0.25, 0.3) is 0 Å². The number of rotatable bonds is 8. The van der Waals surface area contributed by atoms with E-state index in [1.54, 1.807) is 25.3 Å². The molecule has 0 saturated carbocycles. The molecule has 0 aliphatic carbocycles. The molecule has 24 heavy (non-hydrogen) atoms. The number of nitrogens with zero attached hydrogens (tertiary/aromatic N) is 1. The van der Waals surface area contributed by atoms with E-state index in [1.165, 1.54) is 6.07 Å². The minimum Gasteiger partial charge on any atom is -0.383 e. The summed E-state index contributed by atoms with van der Waals surface area (Å²) in [5.41, 5.74) is 0.916. The molecule has 1 aromatic carbocycles. The number of hydrogen-bond acceptors (Lipinski definition) is 4. The van der Waals surface area contributed by atoms with Crippen LogP contribution in [0.3, 0.4) is 0 Å². The molecule has 0 atom stereocenters. The van der Waals surface area contributed by atoms with Crippen LogP contribution < -0.4 is 10.6 Å². The van der Waals surface area contributed by atoms with Crippen LogP contribution in [0.1, 0.15) is 5.56 Å². The lowest BCUT2D eigenvalue weighted by molar-refractivity contribution is -0.184. The minimum absolute atomic E-state index is 0.0834. The number of carbonyl (C=O) groups is 2. The summed E-state index contributed by atoms with van der Waals surface area (Å²) in [6.07, 6.45) is -4.91. The summed E-state index contributed by atoms with van der Waals surface area (Å²) in [5, 5.41) is 5.49. The van der Waals surface area contributed by atoms with E-state index in [1.807, 2.05) is 0 Å². The molecular formula is C15H20F3N3O3. The molecule has 9 heteroatoms. The Morgan fingerprint density at radius 1 is 1.29 bits per heavy atom. The number of amides is 2. The van der Waals surface area contributed by atoms with Gasteiger partial charge in [-0.3, -0.25) is 9.59 Å². The van der Waals surface area contributed by atoms with Crippen LogP contribution in [0, 0.1) is 0 Å². The zero-order chi connectivity index (χ0) is 18.2. The summed E-state index contributed by atoms with van der Waals surface area (Å²) >= 11 is 0. The number of hydrogen-bond donors (Lipinski definition) is 2. The maximum Gasteiger partial charge on any atom is 0.471 e. The molecule has 0 spiro atoms. The van der Waals surface area contributed by atoms with Gasteiger partial charge in [0.05, 0.1) is 13.2 Å². The van der Waals surface area contributed by atoms with Crippen LogP contribution in [0.5, 0.6) is 0 Å². The molecule has 0 aromatic heterocycles. The molecule has 0 aliphatic heterocycles. The highest BCUT2D eigenvalue weighted by Gasteiger charge is 2.41. The lowest BCUT2D eigenvalue weighted by Crippen LogP contribution is -2.37. The molecule has 1 rings (SSSR count). The molecule has 0 radical (unpaired) electrons. The van der Waals surface area contributed by atoms with Crippen LogP contribution >= 0.6 is 0 Å². The highest BCUT2D eigenvalue weighted by Crippen LogP contribution is 2.19. The Kier molecular flexibility index (Phi) is 7.66. The Hall–Kier alpha value is -2.13. The highest BCUT2D eigenvalue weighted by atomic mass is 19.4. The highest BCUT2D eigenvalue weighted by molar-refractivity contribution is 5.92. The fourth-order valence-corrected chi connectivity index (χ4v) is 1.89. The first-order chi connectivity index (χ1) is 11.2. The molecule has 0 saturated heterocycles. The lowest BCUT2D eigenvalue weighted by atomic mass is 10.2. The van der Waals surface area contributed by atoms with Crippen LogP contribution in [0.15, 0.2) is 24.3 Å². The minimum atomic E-state index is -4.91. The summed E-state index contributed by atoms with van der Waals surface area (Å²) in [7, 11) is 2.62. The van der Waals surface area contributed by atoms with Crippen molar-refractivity contribution in [2.45, 2.75) is 12.7 Å². The standard InChI is InChI=1S/C15H20F3N3O3/c1-21(14(23)15(16,17)18)10-11-4-3-5-12(8-11)20-13(22)9-19-6-7-24-2/h3-5,8,19H,6-7,9-10H2,1-2H3,(H,20,22). The zero-order valence-electron chi connectivity index (χ0n) is 13.4. The number of anilines is 1. The van der Waals surface area contributed by atoms with Crippen molar-refractivity contribution in [3.05, 3.63) is 29.8 Å². The third-order valence-electron chi connectivity index (χ3n) is 2.99. The molecule has 6 nitrogen and oxygen atoms in total. The zero-order valence-corrected chi connectivity index (χ0v) is 13.4. The number of halogens is 3. The van der Waals surface area contributed by atoms with Crippen molar-refractivity contribution in [2.75, 3.05) is 39.2 Å². The smallest absolute Gasteiger partial charge is 0.383 e. The van der Waals surface area contributed by atoms with Gasteiger partial charge in [0.1, 0.15) is 0 Å². The fourth-order valence-electron chi connectivity index (χ4n) is 1.89. The maximum atomic E-state index is 12.4.